The van der Waals surface area contributed by atoms with Crippen molar-refractivity contribution in [1.29, 1.82) is 0 Å². The molecule has 3 heteroatoms. The Kier molecular flexibility index (Phi) is 3.70. The number of methoxy groups -OCH3 is 1. The van der Waals surface area contributed by atoms with Crippen LogP contribution in [0.2, 0.25) is 0 Å². The lowest BCUT2D eigenvalue weighted by Gasteiger charge is -2.23. The summed E-state index contributed by atoms with van der Waals surface area (Å²) in [5, 5.41) is 0. The smallest absolute Gasteiger partial charge is 0.163 e. The molecule has 1 heterocycles. The highest BCUT2D eigenvalue weighted by atomic mass is 16.7. The third-order valence-corrected chi connectivity index (χ3v) is 2.30. The van der Waals surface area contributed by atoms with E-state index in [1.807, 2.05) is 20.8 Å². The Morgan fingerprint density at radius 2 is 2.29 bits per heavy atom. The summed E-state index contributed by atoms with van der Waals surface area (Å²) in [5.41, 5.74) is 1.10. The van der Waals surface area contributed by atoms with Crippen molar-refractivity contribution in [2.24, 2.45) is 0 Å². The van der Waals surface area contributed by atoms with Gasteiger partial charge in [-0.3, -0.25) is 0 Å². The average Bonchev–Trinajstić information content (AvgIpc) is 2.41. The fraction of sp³-hybridized carbons (Fsp3) is 0.818. The first-order valence-corrected chi connectivity index (χ1v) is 4.93. The van der Waals surface area contributed by atoms with Gasteiger partial charge in [0.2, 0.25) is 0 Å². The van der Waals surface area contributed by atoms with Crippen LogP contribution in [0.3, 0.4) is 0 Å². The quantitative estimate of drug-likeness (QED) is 0.651. The van der Waals surface area contributed by atoms with Crippen LogP contribution in [0.25, 0.3) is 0 Å². The van der Waals surface area contributed by atoms with Gasteiger partial charge in [0.05, 0.1) is 12.7 Å². The maximum Gasteiger partial charge on any atom is 0.163 e. The molecule has 2 unspecified atom stereocenters. The van der Waals surface area contributed by atoms with Crippen molar-refractivity contribution in [3.05, 3.63) is 12.2 Å². The third-order valence-electron chi connectivity index (χ3n) is 2.30. The fourth-order valence-corrected chi connectivity index (χ4v) is 1.61. The minimum absolute atomic E-state index is 0.0201. The molecule has 1 rings (SSSR count). The molecule has 0 aliphatic carbocycles. The normalized spacial score (nSPS) is 27.6. The minimum atomic E-state index is -0.476. The topological polar surface area (TPSA) is 27.7 Å². The van der Waals surface area contributed by atoms with Crippen molar-refractivity contribution in [3.8, 4) is 0 Å². The van der Waals surface area contributed by atoms with Gasteiger partial charge in [0.1, 0.15) is 6.10 Å². The van der Waals surface area contributed by atoms with Crippen LogP contribution in [-0.2, 0) is 14.2 Å². The first-order chi connectivity index (χ1) is 6.44. The molecule has 1 aliphatic heterocycles. The Morgan fingerprint density at radius 1 is 1.64 bits per heavy atom. The molecule has 0 aromatic rings. The van der Waals surface area contributed by atoms with E-state index in [1.165, 1.54) is 0 Å². The molecule has 82 valence electrons. The summed E-state index contributed by atoms with van der Waals surface area (Å²) >= 11 is 0. The van der Waals surface area contributed by atoms with Crippen LogP contribution in [0, 0.1) is 0 Å². The van der Waals surface area contributed by atoms with Gasteiger partial charge < -0.3 is 14.2 Å². The predicted molar refractivity (Wildman–Crippen MR) is 55.1 cm³/mol. The second-order valence-electron chi connectivity index (χ2n) is 4.30. The summed E-state index contributed by atoms with van der Waals surface area (Å²) in [6.07, 6.45) is 0.890. The van der Waals surface area contributed by atoms with Crippen molar-refractivity contribution >= 4 is 0 Å². The van der Waals surface area contributed by atoms with Crippen molar-refractivity contribution in [3.63, 3.8) is 0 Å². The zero-order chi connectivity index (χ0) is 10.8. The van der Waals surface area contributed by atoms with Crippen LogP contribution < -0.4 is 0 Å². The third kappa shape index (κ3) is 3.08. The first kappa shape index (κ1) is 11.7. The summed E-state index contributed by atoms with van der Waals surface area (Å²) in [5.74, 6) is -0.476. The fourth-order valence-electron chi connectivity index (χ4n) is 1.61. The Labute approximate surface area is 86.0 Å². The van der Waals surface area contributed by atoms with E-state index in [2.05, 4.69) is 6.58 Å². The predicted octanol–water partition coefficient (Wildman–Crippen LogP) is 2.12. The van der Waals surface area contributed by atoms with Crippen LogP contribution >= 0.6 is 0 Å². The molecule has 1 saturated heterocycles. The Morgan fingerprint density at radius 3 is 2.64 bits per heavy atom. The molecule has 0 bridgehead atoms. The van der Waals surface area contributed by atoms with Crippen molar-refractivity contribution < 1.29 is 14.2 Å². The Hall–Kier alpha value is -0.380. The largest absolute Gasteiger partial charge is 0.378 e. The van der Waals surface area contributed by atoms with Gasteiger partial charge in [-0.2, -0.15) is 0 Å². The molecule has 3 nitrogen and oxygen atoms in total. The highest BCUT2D eigenvalue weighted by Gasteiger charge is 2.37. The lowest BCUT2D eigenvalue weighted by atomic mass is 10.1. The second kappa shape index (κ2) is 4.43. The van der Waals surface area contributed by atoms with Gasteiger partial charge in [-0.15, -0.1) is 6.58 Å². The molecule has 0 spiro atoms. The molecule has 0 amide bonds. The van der Waals surface area contributed by atoms with E-state index in [0.29, 0.717) is 6.61 Å². The number of ether oxygens (including phenoxy) is 3. The van der Waals surface area contributed by atoms with E-state index in [1.54, 1.807) is 7.11 Å². The monoisotopic (exact) mass is 200 g/mol. The summed E-state index contributed by atoms with van der Waals surface area (Å²) in [6.45, 7) is 10.3. The molecule has 0 aromatic heterocycles. The molecular weight excluding hydrogens is 180 g/mol. The number of rotatable bonds is 4. The molecule has 2 atom stereocenters. The van der Waals surface area contributed by atoms with E-state index in [9.17, 15) is 0 Å². The van der Waals surface area contributed by atoms with Crippen LogP contribution in [0.1, 0.15) is 27.2 Å². The van der Waals surface area contributed by atoms with E-state index < -0.39 is 5.79 Å². The average molecular weight is 200 g/mol. The molecule has 1 aliphatic rings. The molecule has 14 heavy (non-hydrogen) atoms. The summed E-state index contributed by atoms with van der Waals surface area (Å²) < 4.78 is 16.6. The van der Waals surface area contributed by atoms with Gasteiger partial charge in [0, 0.05) is 7.11 Å². The molecule has 0 radical (unpaired) electrons. The second-order valence-corrected chi connectivity index (χ2v) is 4.30. The standard InChI is InChI=1S/C11H20O3/c1-8(2)6-9(12-5)10-7-13-11(3,4)14-10/h9-10H,1,6-7H2,2-5H3. The lowest BCUT2D eigenvalue weighted by molar-refractivity contribution is -0.153. The Balaban J connectivity index is 2.50. The first-order valence-electron chi connectivity index (χ1n) is 4.93. The van der Waals surface area contributed by atoms with Crippen LogP contribution in [0.5, 0.6) is 0 Å². The van der Waals surface area contributed by atoms with Crippen LogP contribution in [0.15, 0.2) is 12.2 Å². The summed E-state index contributed by atoms with van der Waals surface area (Å²) in [7, 11) is 1.70. The van der Waals surface area contributed by atoms with E-state index >= 15 is 0 Å². The summed E-state index contributed by atoms with van der Waals surface area (Å²) in [6, 6.07) is 0. The Bertz CT molecular complexity index is 211. The highest BCUT2D eigenvalue weighted by molar-refractivity contribution is 4.94. The van der Waals surface area contributed by atoms with E-state index in [-0.39, 0.29) is 12.2 Å². The molecule has 0 aromatic carbocycles. The molecule has 1 fully saturated rings. The van der Waals surface area contributed by atoms with Gasteiger partial charge in [-0.25, -0.2) is 0 Å². The van der Waals surface area contributed by atoms with Gasteiger partial charge in [-0.05, 0) is 27.2 Å². The highest BCUT2D eigenvalue weighted by Crippen LogP contribution is 2.27. The van der Waals surface area contributed by atoms with Gasteiger partial charge in [0.15, 0.2) is 5.79 Å². The van der Waals surface area contributed by atoms with Gasteiger partial charge in [0.25, 0.3) is 0 Å². The number of hydrogen-bond donors (Lipinski definition) is 0. The van der Waals surface area contributed by atoms with E-state index in [0.717, 1.165) is 12.0 Å². The minimum Gasteiger partial charge on any atom is -0.378 e. The lowest BCUT2D eigenvalue weighted by Crippen LogP contribution is -2.32. The van der Waals surface area contributed by atoms with Crippen molar-refractivity contribution in [2.45, 2.75) is 45.2 Å². The van der Waals surface area contributed by atoms with Gasteiger partial charge in [-0.1, -0.05) is 5.57 Å². The van der Waals surface area contributed by atoms with Crippen LogP contribution in [-0.4, -0.2) is 31.7 Å². The maximum absolute atomic E-state index is 5.71. The van der Waals surface area contributed by atoms with Crippen LogP contribution in [0.4, 0.5) is 0 Å². The SMILES string of the molecule is C=C(C)CC(OC)C1COC(C)(C)O1. The zero-order valence-corrected chi connectivity index (χ0v) is 9.50. The van der Waals surface area contributed by atoms with Crippen molar-refractivity contribution in [1.82, 2.24) is 0 Å². The molecule has 0 N–H and O–H groups in total. The van der Waals surface area contributed by atoms with Crippen molar-refractivity contribution in [2.75, 3.05) is 13.7 Å². The zero-order valence-electron chi connectivity index (χ0n) is 9.50. The number of hydrogen-bond acceptors (Lipinski definition) is 3. The molecular formula is C11H20O3. The molecule has 0 saturated carbocycles. The summed E-state index contributed by atoms with van der Waals surface area (Å²) in [4.78, 5) is 0. The van der Waals surface area contributed by atoms with E-state index in [4.69, 9.17) is 14.2 Å². The maximum atomic E-state index is 5.71. The van der Waals surface area contributed by atoms with Gasteiger partial charge >= 0.3 is 0 Å².